The van der Waals surface area contributed by atoms with Gasteiger partial charge in [-0.05, 0) is 41.8 Å². The molecule has 0 saturated heterocycles. The van der Waals surface area contributed by atoms with Crippen LogP contribution in [0.4, 0.5) is 0 Å². The van der Waals surface area contributed by atoms with Crippen molar-refractivity contribution >= 4 is 21.9 Å². The molecule has 3 aromatic carbocycles. The Morgan fingerprint density at radius 2 is 1.62 bits per heavy atom. The molecule has 5 aromatic rings. The Bertz CT molecular complexity index is 1510. The molecule has 32 heavy (non-hydrogen) atoms. The number of fused-ring (bicyclic) bond motifs is 6. The fraction of sp³-hybridized carbons (Fsp3) is 0.207. The van der Waals surface area contributed by atoms with Crippen molar-refractivity contribution in [3.05, 3.63) is 89.6 Å². The van der Waals surface area contributed by atoms with Crippen molar-refractivity contribution in [2.24, 2.45) is 0 Å². The minimum atomic E-state index is -0.173. The number of furan rings is 1. The van der Waals surface area contributed by atoms with Crippen molar-refractivity contribution in [1.29, 1.82) is 0 Å². The zero-order valence-corrected chi connectivity index (χ0v) is 18.8. The zero-order chi connectivity index (χ0) is 22.0. The molecule has 0 radical (unpaired) electrons. The molecule has 0 aliphatic carbocycles. The average Bonchev–Trinajstić information content (AvgIpc) is 3.19. The van der Waals surface area contributed by atoms with Crippen LogP contribution in [0.25, 0.3) is 33.2 Å². The summed E-state index contributed by atoms with van der Waals surface area (Å²) in [5.74, 6) is 2.15. The van der Waals surface area contributed by atoms with Gasteiger partial charge in [-0.15, -0.1) is 0 Å². The molecule has 0 amide bonds. The lowest BCUT2D eigenvalue weighted by Gasteiger charge is -2.34. The van der Waals surface area contributed by atoms with E-state index >= 15 is 0 Å². The lowest BCUT2D eigenvalue weighted by molar-refractivity contribution is 0.415. The fourth-order valence-electron chi connectivity index (χ4n) is 4.91. The van der Waals surface area contributed by atoms with Crippen molar-refractivity contribution in [3.63, 3.8) is 0 Å². The minimum Gasteiger partial charge on any atom is -0.453 e. The van der Waals surface area contributed by atoms with E-state index in [4.69, 9.17) is 9.15 Å². The van der Waals surface area contributed by atoms with E-state index in [-0.39, 0.29) is 5.41 Å². The first-order valence-electron chi connectivity index (χ1n) is 11.2. The van der Waals surface area contributed by atoms with E-state index in [1.165, 1.54) is 11.1 Å². The summed E-state index contributed by atoms with van der Waals surface area (Å²) in [6.45, 7) is 8.89. The molecule has 0 N–H and O–H groups in total. The Morgan fingerprint density at radius 1 is 0.812 bits per heavy atom. The number of para-hydroxylation sites is 2. The number of hydrogen-bond donors (Lipinski definition) is 0. The van der Waals surface area contributed by atoms with Gasteiger partial charge in [-0.1, -0.05) is 64.1 Å². The maximum absolute atomic E-state index is 6.58. The Hall–Kier alpha value is -3.59. The van der Waals surface area contributed by atoms with Crippen LogP contribution < -0.4 is 4.74 Å². The predicted octanol–water partition coefficient (Wildman–Crippen LogP) is 8.20. The third kappa shape index (κ3) is 2.64. The Morgan fingerprint density at radius 3 is 2.47 bits per heavy atom. The summed E-state index contributed by atoms with van der Waals surface area (Å²) in [7, 11) is 0. The average molecular weight is 420 g/mol. The number of pyridine rings is 1. The molecular weight excluding hydrogens is 394 g/mol. The summed E-state index contributed by atoms with van der Waals surface area (Å²) in [5.41, 5.74) is 7.02. The largest absolute Gasteiger partial charge is 0.453 e. The molecule has 6 rings (SSSR count). The molecule has 158 valence electrons. The van der Waals surface area contributed by atoms with Gasteiger partial charge in [0.2, 0.25) is 0 Å². The number of benzene rings is 3. The fourth-order valence-corrected chi connectivity index (χ4v) is 4.91. The van der Waals surface area contributed by atoms with Crippen molar-refractivity contribution in [3.8, 4) is 22.8 Å². The van der Waals surface area contributed by atoms with E-state index < -0.39 is 0 Å². The second-order valence-corrected chi connectivity index (χ2v) is 9.46. The molecule has 2 aromatic heterocycles. The van der Waals surface area contributed by atoms with Crippen molar-refractivity contribution in [2.75, 3.05) is 0 Å². The SMILES string of the molecule is CC(C)c1ccnc(-c2cccc3c2oc2c4c(ccc23)C(C)(C)c2ccccc2O4)c1. The number of ether oxygens (including phenoxy) is 1. The van der Waals surface area contributed by atoms with Gasteiger partial charge < -0.3 is 9.15 Å². The highest BCUT2D eigenvalue weighted by Gasteiger charge is 2.36. The van der Waals surface area contributed by atoms with Crippen molar-refractivity contribution in [2.45, 2.75) is 39.0 Å². The Balaban J connectivity index is 1.62. The molecule has 3 heterocycles. The highest BCUT2D eigenvalue weighted by molar-refractivity contribution is 6.11. The third-order valence-electron chi connectivity index (χ3n) is 6.79. The van der Waals surface area contributed by atoms with Crippen LogP contribution in [0.2, 0.25) is 0 Å². The molecule has 0 atom stereocenters. The lowest BCUT2D eigenvalue weighted by Crippen LogP contribution is -2.24. The first kappa shape index (κ1) is 19.1. The monoisotopic (exact) mass is 419 g/mol. The number of rotatable bonds is 2. The van der Waals surface area contributed by atoms with E-state index in [0.717, 1.165) is 50.3 Å². The smallest absolute Gasteiger partial charge is 0.178 e. The number of hydrogen-bond acceptors (Lipinski definition) is 3. The number of nitrogens with zero attached hydrogens (tertiary/aromatic N) is 1. The van der Waals surface area contributed by atoms with Crippen LogP contribution in [0.15, 0.2) is 77.3 Å². The third-order valence-corrected chi connectivity index (χ3v) is 6.79. The topological polar surface area (TPSA) is 35.3 Å². The van der Waals surface area contributed by atoms with Gasteiger partial charge in [0.1, 0.15) is 11.3 Å². The Kier molecular flexibility index (Phi) is 4.00. The maximum Gasteiger partial charge on any atom is 0.178 e. The van der Waals surface area contributed by atoms with Crippen LogP contribution in [0.5, 0.6) is 11.5 Å². The summed E-state index contributed by atoms with van der Waals surface area (Å²) in [5, 5.41) is 2.15. The first-order chi connectivity index (χ1) is 15.4. The molecule has 0 spiro atoms. The second kappa shape index (κ2) is 6.70. The van der Waals surface area contributed by atoms with Crippen molar-refractivity contribution < 1.29 is 9.15 Å². The highest BCUT2D eigenvalue weighted by atomic mass is 16.5. The van der Waals surface area contributed by atoms with Gasteiger partial charge in [0.25, 0.3) is 0 Å². The molecule has 3 nitrogen and oxygen atoms in total. The molecule has 1 aliphatic heterocycles. The van der Waals surface area contributed by atoms with Gasteiger partial charge in [0, 0.05) is 39.1 Å². The van der Waals surface area contributed by atoms with E-state index in [0.29, 0.717) is 5.92 Å². The molecule has 0 bridgehead atoms. The van der Waals surface area contributed by atoms with Gasteiger partial charge >= 0.3 is 0 Å². The summed E-state index contributed by atoms with van der Waals surface area (Å²) in [6, 6.07) is 23.2. The Labute approximate surface area is 187 Å². The molecule has 1 aliphatic rings. The summed E-state index contributed by atoms with van der Waals surface area (Å²) in [4.78, 5) is 4.66. The minimum absolute atomic E-state index is 0.173. The van der Waals surface area contributed by atoms with E-state index in [1.54, 1.807) is 0 Å². The van der Waals surface area contributed by atoms with Crippen molar-refractivity contribution in [1.82, 2.24) is 4.98 Å². The van der Waals surface area contributed by atoms with Crippen LogP contribution in [0, 0.1) is 0 Å². The quantitative estimate of drug-likeness (QED) is 0.289. The van der Waals surface area contributed by atoms with Gasteiger partial charge in [0.05, 0.1) is 5.69 Å². The van der Waals surface area contributed by atoms with Crippen LogP contribution in [0.3, 0.4) is 0 Å². The summed E-state index contributed by atoms with van der Waals surface area (Å²) < 4.78 is 13.0. The lowest BCUT2D eigenvalue weighted by atomic mass is 9.75. The van der Waals surface area contributed by atoms with E-state index in [2.05, 4.69) is 87.3 Å². The standard InChI is InChI=1S/C29H25NO2/c1-17(2)18-14-15-30-24(16-18)21-9-7-8-19-20-12-13-23-28(27(20)32-26(19)21)31-25-11-6-5-10-22(25)29(23,3)4/h5-17H,1-4H3. The normalized spacial score (nSPS) is 14.4. The first-order valence-corrected chi connectivity index (χ1v) is 11.2. The molecular formula is C29H25NO2. The maximum atomic E-state index is 6.58. The highest BCUT2D eigenvalue weighted by Crippen LogP contribution is 2.52. The molecule has 0 saturated carbocycles. The van der Waals surface area contributed by atoms with Gasteiger partial charge in [-0.2, -0.15) is 0 Å². The van der Waals surface area contributed by atoms with Crippen LogP contribution in [-0.2, 0) is 5.41 Å². The van der Waals surface area contributed by atoms with Crippen LogP contribution in [0.1, 0.15) is 50.3 Å². The summed E-state index contributed by atoms with van der Waals surface area (Å²) >= 11 is 0. The molecule has 0 unspecified atom stereocenters. The second-order valence-electron chi connectivity index (χ2n) is 9.46. The number of aromatic nitrogens is 1. The van der Waals surface area contributed by atoms with E-state index in [1.807, 2.05) is 18.3 Å². The van der Waals surface area contributed by atoms with E-state index in [9.17, 15) is 0 Å². The zero-order valence-electron chi connectivity index (χ0n) is 18.8. The molecule has 0 fully saturated rings. The summed E-state index contributed by atoms with van der Waals surface area (Å²) in [6.07, 6.45) is 1.89. The predicted molar refractivity (Wildman–Crippen MR) is 130 cm³/mol. The van der Waals surface area contributed by atoms with Gasteiger partial charge in [-0.3, -0.25) is 4.98 Å². The van der Waals surface area contributed by atoms with Gasteiger partial charge in [0.15, 0.2) is 11.3 Å². The van der Waals surface area contributed by atoms with Crippen LogP contribution >= 0.6 is 0 Å². The molecule has 3 heteroatoms. The van der Waals surface area contributed by atoms with Gasteiger partial charge in [-0.25, -0.2) is 0 Å². The van der Waals surface area contributed by atoms with Crippen LogP contribution in [-0.4, -0.2) is 4.98 Å².